The topological polar surface area (TPSA) is 76.4 Å². The van der Waals surface area contributed by atoms with Crippen molar-refractivity contribution in [2.75, 3.05) is 18.5 Å². The summed E-state index contributed by atoms with van der Waals surface area (Å²) < 4.78 is 1.65. The molecule has 0 spiro atoms. The maximum atomic E-state index is 12.4. The maximum absolute atomic E-state index is 12.4. The number of nitrogens with zero attached hydrogens (tertiary/aromatic N) is 2. The van der Waals surface area contributed by atoms with Crippen LogP contribution in [0.15, 0.2) is 48.9 Å². The molecule has 7 heteroatoms. The third-order valence-corrected chi connectivity index (χ3v) is 3.99. The first-order valence-electron chi connectivity index (χ1n) is 7.91. The number of benzene rings is 1. The smallest absolute Gasteiger partial charge is 0.228 e. The van der Waals surface area contributed by atoms with Crippen LogP contribution in [-0.4, -0.2) is 33.9 Å². The van der Waals surface area contributed by atoms with E-state index >= 15 is 0 Å². The molecule has 1 amide bonds. The molecule has 0 atom stereocenters. The summed E-state index contributed by atoms with van der Waals surface area (Å²) in [5.74, 6) is -0.175. The van der Waals surface area contributed by atoms with Crippen LogP contribution in [0.5, 0.6) is 0 Å². The Morgan fingerprint density at radius 3 is 2.96 bits per heavy atom. The van der Waals surface area contributed by atoms with E-state index in [9.17, 15) is 4.79 Å². The molecule has 1 aromatic carbocycles. The number of rotatable bonds is 7. The van der Waals surface area contributed by atoms with Gasteiger partial charge in [-0.15, -0.1) is 0 Å². The van der Waals surface area contributed by atoms with E-state index in [1.807, 2.05) is 24.3 Å². The van der Waals surface area contributed by atoms with Gasteiger partial charge in [-0.2, -0.15) is 4.73 Å². The zero-order valence-corrected chi connectivity index (χ0v) is 14.2. The Bertz CT molecular complexity index is 879. The Morgan fingerprint density at radius 1 is 1.32 bits per heavy atom. The molecule has 0 radical (unpaired) electrons. The molecule has 3 rings (SSSR count). The molecule has 2 aromatic heterocycles. The quantitative estimate of drug-likeness (QED) is 0.636. The lowest BCUT2D eigenvalue weighted by Gasteiger charge is -2.06. The normalized spacial score (nSPS) is 10.8. The molecule has 130 valence electrons. The maximum Gasteiger partial charge on any atom is 0.228 e. The number of para-hydroxylation sites is 1. The van der Waals surface area contributed by atoms with Crippen LogP contribution in [0, 0.1) is 0 Å². The molecule has 0 unspecified atom stereocenters. The van der Waals surface area contributed by atoms with Crippen molar-refractivity contribution in [1.29, 1.82) is 0 Å². The zero-order chi connectivity index (χ0) is 17.6. The molecule has 3 aromatic rings. The summed E-state index contributed by atoms with van der Waals surface area (Å²) in [7, 11) is 0. The van der Waals surface area contributed by atoms with Crippen molar-refractivity contribution >= 4 is 34.1 Å². The molecule has 0 aliphatic heterocycles. The van der Waals surface area contributed by atoms with Gasteiger partial charge in [0.1, 0.15) is 6.61 Å². The van der Waals surface area contributed by atoms with Gasteiger partial charge in [0.2, 0.25) is 5.91 Å². The van der Waals surface area contributed by atoms with Crippen LogP contribution in [0.1, 0.15) is 12.0 Å². The number of hydrogen-bond donors (Lipinski definition) is 2. The number of aliphatic hydroxyl groups excluding tert-OH is 1. The Hall–Kier alpha value is -2.57. The number of nitrogens with one attached hydrogen (secondary N) is 1. The zero-order valence-electron chi connectivity index (χ0n) is 13.5. The molecule has 0 fully saturated rings. The number of pyridine rings is 1. The summed E-state index contributed by atoms with van der Waals surface area (Å²) in [4.78, 5) is 21.9. The molecule has 2 N–H and O–H groups in total. The SMILES string of the molecule is O=C(Cc1cn(OCCCO)c2ccccc12)Nc1ccncc1Cl. The number of fused-ring (bicyclic) bond motifs is 1. The average molecular weight is 360 g/mol. The lowest BCUT2D eigenvalue weighted by molar-refractivity contribution is -0.115. The van der Waals surface area contributed by atoms with Crippen LogP contribution in [-0.2, 0) is 11.2 Å². The molecule has 0 aliphatic rings. The van der Waals surface area contributed by atoms with E-state index in [2.05, 4.69) is 10.3 Å². The number of halogens is 1. The first-order chi connectivity index (χ1) is 12.2. The second-order valence-corrected chi connectivity index (χ2v) is 5.90. The molecule has 0 bridgehead atoms. The van der Waals surface area contributed by atoms with Crippen LogP contribution in [0.2, 0.25) is 5.02 Å². The third-order valence-electron chi connectivity index (χ3n) is 3.69. The number of anilines is 1. The second-order valence-electron chi connectivity index (χ2n) is 5.49. The monoisotopic (exact) mass is 359 g/mol. The van der Waals surface area contributed by atoms with Crippen LogP contribution >= 0.6 is 11.6 Å². The minimum absolute atomic E-state index is 0.0706. The standard InChI is InChI=1S/C18H18ClN3O3/c19-15-11-20-7-6-16(15)21-18(24)10-13-12-22(25-9-3-8-23)17-5-2-1-4-14(13)17/h1-2,4-7,11-12,23H,3,8-10H2,(H,20,21,24). The first kappa shape index (κ1) is 17.3. The Morgan fingerprint density at radius 2 is 2.16 bits per heavy atom. The molecule has 2 heterocycles. The number of aromatic nitrogens is 2. The molecular weight excluding hydrogens is 342 g/mol. The number of carbonyl (C=O) groups is 1. The molecule has 0 saturated carbocycles. The second kappa shape index (κ2) is 8.00. The van der Waals surface area contributed by atoms with Crippen molar-refractivity contribution in [1.82, 2.24) is 9.71 Å². The summed E-state index contributed by atoms with van der Waals surface area (Å²) in [5.41, 5.74) is 2.26. The highest BCUT2D eigenvalue weighted by molar-refractivity contribution is 6.33. The van der Waals surface area contributed by atoms with Crippen LogP contribution in [0.25, 0.3) is 10.9 Å². The Balaban J connectivity index is 1.78. The minimum Gasteiger partial charge on any atom is -0.414 e. The summed E-state index contributed by atoms with van der Waals surface area (Å²) in [5, 5.41) is 13.0. The summed E-state index contributed by atoms with van der Waals surface area (Å²) in [6.07, 6.45) is 5.59. The van der Waals surface area contributed by atoms with Gasteiger partial charge >= 0.3 is 0 Å². The number of aliphatic hydroxyl groups is 1. The minimum atomic E-state index is -0.175. The fraction of sp³-hybridized carbons (Fsp3) is 0.222. The third kappa shape index (κ3) is 4.10. The van der Waals surface area contributed by atoms with Crippen LogP contribution in [0.3, 0.4) is 0 Å². The van der Waals surface area contributed by atoms with Crippen molar-refractivity contribution in [3.05, 3.63) is 59.5 Å². The van der Waals surface area contributed by atoms with Gasteiger partial charge in [-0.05, 0) is 17.7 Å². The van der Waals surface area contributed by atoms with E-state index in [-0.39, 0.29) is 18.9 Å². The van der Waals surface area contributed by atoms with Gasteiger partial charge in [0.25, 0.3) is 0 Å². The van der Waals surface area contributed by atoms with Crippen molar-refractivity contribution in [3.8, 4) is 0 Å². The molecule has 0 aliphatic carbocycles. The number of hydrogen-bond acceptors (Lipinski definition) is 4. The van der Waals surface area contributed by atoms with Crippen LogP contribution < -0.4 is 10.2 Å². The highest BCUT2D eigenvalue weighted by Gasteiger charge is 2.13. The highest BCUT2D eigenvalue weighted by Crippen LogP contribution is 2.23. The first-order valence-corrected chi connectivity index (χ1v) is 8.29. The Labute approximate surface area is 150 Å². The van der Waals surface area contributed by atoms with E-state index < -0.39 is 0 Å². The van der Waals surface area contributed by atoms with E-state index in [4.69, 9.17) is 21.5 Å². The van der Waals surface area contributed by atoms with Gasteiger partial charge in [-0.1, -0.05) is 29.8 Å². The number of carbonyl (C=O) groups excluding carboxylic acids is 1. The lowest BCUT2D eigenvalue weighted by Crippen LogP contribution is -2.15. The van der Waals surface area contributed by atoms with E-state index in [1.165, 1.54) is 6.20 Å². The predicted molar refractivity (Wildman–Crippen MR) is 96.7 cm³/mol. The summed E-state index contributed by atoms with van der Waals surface area (Å²) in [6, 6.07) is 9.36. The van der Waals surface area contributed by atoms with Gasteiger partial charge in [0.05, 0.1) is 22.6 Å². The molecule has 0 saturated heterocycles. The fourth-order valence-corrected chi connectivity index (χ4v) is 2.70. The Kier molecular flexibility index (Phi) is 5.53. The van der Waals surface area contributed by atoms with Crippen LogP contribution in [0.4, 0.5) is 5.69 Å². The van der Waals surface area contributed by atoms with Crippen molar-refractivity contribution < 1.29 is 14.7 Å². The lowest BCUT2D eigenvalue weighted by atomic mass is 10.1. The number of amides is 1. The predicted octanol–water partition coefficient (Wildman–Crippen LogP) is 2.68. The van der Waals surface area contributed by atoms with E-state index in [0.29, 0.717) is 23.7 Å². The summed E-state index contributed by atoms with van der Waals surface area (Å²) in [6.45, 7) is 0.467. The fourth-order valence-electron chi connectivity index (χ4n) is 2.54. The molecule has 6 nitrogen and oxygen atoms in total. The highest BCUT2D eigenvalue weighted by atomic mass is 35.5. The largest absolute Gasteiger partial charge is 0.414 e. The molecular formula is C18H18ClN3O3. The van der Waals surface area contributed by atoms with Gasteiger partial charge in [-0.25, -0.2) is 0 Å². The van der Waals surface area contributed by atoms with Gasteiger partial charge in [-0.3, -0.25) is 9.78 Å². The average Bonchev–Trinajstić information content (AvgIpc) is 2.95. The van der Waals surface area contributed by atoms with Gasteiger partial charge in [0, 0.05) is 37.0 Å². The van der Waals surface area contributed by atoms with Gasteiger partial charge in [0.15, 0.2) is 0 Å². The van der Waals surface area contributed by atoms with Gasteiger partial charge < -0.3 is 15.3 Å². The van der Waals surface area contributed by atoms with Crippen molar-refractivity contribution in [2.24, 2.45) is 0 Å². The van der Waals surface area contributed by atoms with E-state index in [1.54, 1.807) is 23.2 Å². The van der Waals surface area contributed by atoms with Crippen molar-refractivity contribution in [3.63, 3.8) is 0 Å². The van der Waals surface area contributed by atoms with Crippen molar-refractivity contribution in [2.45, 2.75) is 12.8 Å². The molecule has 25 heavy (non-hydrogen) atoms. The summed E-state index contributed by atoms with van der Waals surface area (Å²) >= 11 is 6.02. The van der Waals surface area contributed by atoms with E-state index in [0.717, 1.165) is 16.5 Å².